The van der Waals surface area contributed by atoms with E-state index in [2.05, 4.69) is 85.8 Å². The van der Waals surface area contributed by atoms with Gasteiger partial charge in [0, 0.05) is 0 Å². The molecule has 0 spiro atoms. The van der Waals surface area contributed by atoms with Gasteiger partial charge in [0.2, 0.25) is 0 Å². The van der Waals surface area contributed by atoms with Crippen LogP contribution in [0.25, 0.3) is 0 Å². The maximum absolute atomic E-state index is 2.43. The van der Waals surface area contributed by atoms with Crippen molar-refractivity contribution in [2.75, 3.05) is 0 Å². The highest BCUT2D eigenvalue weighted by Gasteiger charge is 2.06. The van der Waals surface area contributed by atoms with Gasteiger partial charge in [-0.1, -0.05) is 92.2 Å². The third kappa shape index (κ3) is 4.58. The summed E-state index contributed by atoms with van der Waals surface area (Å²) in [4.78, 5) is 0. The fourth-order valence-corrected chi connectivity index (χ4v) is 3.21. The first-order valence-electron chi connectivity index (χ1n) is 9.03. The summed E-state index contributed by atoms with van der Waals surface area (Å²) >= 11 is 0. The van der Waals surface area contributed by atoms with Crippen molar-refractivity contribution in [3.8, 4) is 0 Å². The lowest BCUT2D eigenvalue weighted by Gasteiger charge is -2.12. The molecule has 0 unspecified atom stereocenters. The van der Waals surface area contributed by atoms with Gasteiger partial charge in [0.25, 0.3) is 0 Å². The topological polar surface area (TPSA) is 0 Å². The summed E-state index contributed by atoms with van der Waals surface area (Å²) < 4.78 is 0. The Kier molecular flexibility index (Phi) is 5.85. The van der Waals surface area contributed by atoms with Crippen LogP contribution in [-0.2, 0) is 19.3 Å². The molecule has 122 valence electrons. The fraction of sp³-hybridized carbons (Fsp3) is 0.250. The number of unbranched alkanes of at least 4 members (excludes halogenated alkanes) is 1. The second-order valence-electron chi connectivity index (χ2n) is 6.53. The van der Waals surface area contributed by atoms with Crippen LogP contribution in [0, 0.1) is 0 Å². The quantitative estimate of drug-likeness (QED) is 0.486. The molecule has 0 aliphatic heterocycles. The van der Waals surface area contributed by atoms with Crippen molar-refractivity contribution in [2.45, 2.75) is 39.0 Å². The van der Waals surface area contributed by atoms with Crippen LogP contribution in [-0.4, -0.2) is 0 Å². The summed E-state index contributed by atoms with van der Waals surface area (Å²) in [7, 11) is 0. The highest BCUT2D eigenvalue weighted by Crippen LogP contribution is 2.20. The Hall–Kier alpha value is -2.34. The molecule has 0 bridgehead atoms. The van der Waals surface area contributed by atoms with Crippen LogP contribution >= 0.6 is 0 Å². The molecule has 3 aromatic rings. The molecule has 0 N–H and O–H groups in total. The van der Waals surface area contributed by atoms with Gasteiger partial charge in [-0.3, -0.25) is 0 Å². The third-order valence-electron chi connectivity index (χ3n) is 4.56. The van der Waals surface area contributed by atoms with Gasteiger partial charge >= 0.3 is 0 Å². The summed E-state index contributed by atoms with van der Waals surface area (Å²) in [6.45, 7) is 2.27. The zero-order valence-corrected chi connectivity index (χ0v) is 14.5. The molecule has 3 aromatic carbocycles. The molecule has 0 heteroatoms. The van der Waals surface area contributed by atoms with E-state index in [1.54, 1.807) is 0 Å². The van der Waals surface area contributed by atoms with Gasteiger partial charge in [0.05, 0.1) is 0 Å². The molecule has 0 aliphatic carbocycles. The molecular formula is C24H26. The van der Waals surface area contributed by atoms with Crippen LogP contribution in [0.15, 0.2) is 78.9 Å². The van der Waals surface area contributed by atoms with Crippen molar-refractivity contribution in [2.24, 2.45) is 0 Å². The smallest absolute Gasteiger partial charge is 0.00230 e. The predicted molar refractivity (Wildman–Crippen MR) is 104 cm³/mol. The predicted octanol–water partition coefficient (Wildman–Crippen LogP) is 6.21. The molecule has 0 atom stereocenters. The Labute approximate surface area is 146 Å². The minimum absolute atomic E-state index is 1.02. The molecule has 0 radical (unpaired) electrons. The summed E-state index contributed by atoms with van der Waals surface area (Å²) in [5.74, 6) is 0. The van der Waals surface area contributed by atoms with E-state index in [4.69, 9.17) is 0 Å². The molecule has 0 aliphatic rings. The van der Waals surface area contributed by atoms with E-state index >= 15 is 0 Å². The largest absolute Gasteiger partial charge is 0.0654 e. The number of hydrogen-bond donors (Lipinski definition) is 0. The van der Waals surface area contributed by atoms with Crippen LogP contribution < -0.4 is 0 Å². The van der Waals surface area contributed by atoms with Crippen molar-refractivity contribution < 1.29 is 0 Å². The Morgan fingerprint density at radius 2 is 1.21 bits per heavy atom. The Bertz CT molecular complexity index is 742. The van der Waals surface area contributed by atoms with Crippen molar-refractivity contribution in [1.29, 1.82) is 0 Å². The first-order chi connectivity index (χ1) is 11.8. The maximum Gasteiger partial charge on any atom is -0.00230 e. The van der Waals surface area contributed by atoms with Crippen molar-refractivity contribution in [3.63, 3.8) is 0 Å². The highest BCUT2D eigenvalue weighted by molar-refractivity contribution is 5.38. The molecule has 0 saturated carbocycles. The van der Waals surface area contributed by atoms with E-state index in [0.717, 1.165) is 12.8 Å². The van der Waals surface area contributed by atoms with Gasteiger partial charge < -0.3 is 0 Å². The zero-order chi connectivity index (χ0) is 16.6. The van der Waals surface area contributed by atoms with Gasteiger partial charge in [-0.15, -0.1) is 0 Å². The SMILES string of the molecule is CCCCc1cc(Cc2ccccc2)ccc1Cc1ccccc1. The van der Waals surface area contributed by atoms with Gasteiger partial charge in [-0.25, -0.2) is 0 Å². The van der Waals surface area contributed by atoms with Crippen LogP contribution in [0.3, 0.4) is 0 Å². The van der Waals surface area contributed by atoms with Crippen LogP contribution in [0.1, 0.15) is 47.6 Å². The number of benzene rings is 3. The van der Waals surface area contributed by atoms with Gasteiger partial charge in [-0.05, 0) is 53.5 Å². The summed E-state index contributed by atoms with van der Waals surface area (Å²) in [5, 5.41) is 0. The second kappa shape index (κ2) is 8.49. The lowest BCUT2D eigenvalue weighted by Crippen LogP contribution is -1.99. The zero-order valence-electron chi connectivity index (χ0n) is 14.5. The normalized spacial score (nSPS) is 10.7. The minimum atomic E-state index is 1.02. The third-order valence-corrected chi connectivity index (χ3v) is 4.56. The van der Waals surface area contributed by atoms with Gasteiger partial charge in [0.15, 0.2) is 0 Å². The van der Waals surface area contributed by atoms with Gasteiger partial charge in [0.1, 0.15) is 0 Å². The summed E-state index contributed by atoms with van der Waals surface area (Å²) in [5.41, 5.74) is 7.20. The monoisotopic (exact) mass is 314 g/mol. The van der Waals surface area contributed by atoms with Crippen molar-refractivity contribution in [3.05, 3.63) is 107 Å². The lowest BCUT2D eigenvalue weighted by atomic mass is 9.93. The minimum Gasteiger partial charge on any atom is -0.0654 e. The first-order valence-corrected chi connectivity index (χ1v) is 9.03. The summed E-state index contributed by atoms with van der Waals surface area (Å²) in [6.07, 6.45) is 5.74. The molecule has 0 aromatic heterocycles. The first kappa shape index (κ1) is 16.5. The van der Waals surface area contributed by atoms with E-state index in [0.29, 0.717) is 0 Å². The Balaban J connectivity index is 1.83. The highest BCUT2D eigenvalue weighted by atomic mass is 14.1. The van der Waals surface area contributed by atoms with Crippen LogP contribution in [0.5, 0.6) is 0 Å². The molecule has 0 saturated heterocycles. The second-order valence-corrected chi connectivity index (χ2v) is 6.53. The van der Waals surface area contributed by atoms with E-state index in [1.165, 1.54) is 47.1 Å². The van der Waals surface area contributed by atoms with E-state index in [1.807, 2.05) is 0 Å². The molecule has 0 nitrogen and oxygen atoms in total. The maximum atomic E-state index is 2.43. The van der Waals surface area contributed by atoms with Crippen molar-refractivity contribution >= 4 is 0 Å². The molecule has 3 rings (SSSR count). The average molecular weight is 314 g/mol. The van der Waals surface area contributed by atoms with E-state index < -0.39 is 0 Å². The fourth-order valence-electron chi connectivity index (χ4n) is 3.21. The Morgan fingerprint density at radius 3 is 1.83 bits per heavy atom. The lowest BCUT2D eigenvalue weighted by molar-refractivity contribution is 0.787. The summed E-state index contributed by atoms with van der Waals surface area (Å²) in [6, 6.07) is 28.6. The molecule has 0 fully saturated rings. The average Bonchev–Trinajstić information content (AvgIpc) is 2.63. The standard InChI is InChI=1S/C24H26/c1-2-3-14-23-19-22(17-20-10-6-4-7-11-20)15-16-24(23)18-21-12-8-5-9-13-21/h4-13,15-16,19H,2-3,14,17-18H2,1H3. The van der Waals surface area contributed by atoms with E-state index in [-0.39, 0.29) is 0 Å². The number of hydrogen-bond acceptors (Lipinski definition) is 0. The van der Waals surface area contributed by atoms with Gasteiger partial charge in [-0.2, -0.15) is 0 Å². The van der Waals surface area contributed by atoms with Crippen LogP contribution in [0.2, 0.25) is 0 Å². The van der Waals surface area contributed by atoms with E-state index in [9.17, 15) is 0 Å². The molecule has 24 heavy (non-hydrogen) atoms. The number of aryl methyl sites for hydroxylation is 1. The Morgan fingerprint density at radius 1 is 0.583 bits per heavy atom. The molecular weight excluding hydrogens is 288 g/mol. The number of rotatable bonds is 7. The van der Waals surface area contributed by atoms with Crippen molar-refractivity contribution in [1.82, 2.24) is 0 Å². The molecule has 0 heterocycles. The van der Waals surface area contributed by atoms with Crippen LogP contribution in [0.4, 0.5) is 0 Å². The molecule has 0 amide bonds.